The Kier molecular flexibility index (Phi) is 2.44. The average Bonchev–Trinajstić information content (AvgIpc) is 2.50. The van der Waals surface area contributed by atoms with Crippen molar-refractivity contribution in [1.29, 1.82) is 0 Å². The Labute approximate surface area is 85.1 Å². The first-order valence-electron chi connectivity index (χ1n) is 3.54. The fourth-order valence-corrected chi connectivity index (χ4v) is 0.830. The largest absolute Gasteiger partial charge is 0.837 e. The summed E-state index contributed by atoms with van der Waals surface area (Å²) in [4.78, 5) is 26.1. The zero-order chi connectivity index (χ0) is 12.5. The molecule has 0 saturated carbocycles. The van der Waals surface area contributed by atoms with Gasteiger partial charge in [-0.25, -0.2) is 0 Å². The first kappa shape index (κ1) is 11.3. The van der Waals surface area contributed by atoms with Crippen LogP contribution in [0.1, 0.15) is 5.82 Å². The quantitative estimate of drug-likeness (QED) is 0.336. The van der Waals surface area contributed by atoms with Gasteiger partial charge in [0.2, 0.25) is 14.8 Å². The van der Waals surface area contributed by atoms with Gasteiger partial charge in [-0.1, -0.05) is 0 Å². The average molecular weight is 233 g/mol. The van der Waals surface area contributed by atoms with Crippen molar-refractivity contribution in [3.63, 3.8) is 0 Å². The van der Waals surface area contributed by atoms with Crippen LogP contribution in [0.4, 0.5) is 0 Å². The van der Waals surface area contributed by atoms with Gasteiger partial charge in [-0.3, -0.25) is 30.3 Å². The van der Waals surface area contributed by atoms with Crippen LogP contribution in [0.3, 0.4) is 0 Å². The van der Waals surface area contributed by atoms with Gasteiger partial charge in [-0.15, -0.1) is 10.2 Å². The Bertz CT molecular complexity index is 428. The highest BCUT2D eigenvalue weighted by Gasteiger charge is 2.76. The molecule has 16 heavy (non-hydrogen) atoms. The third-order valence-corrected chi connectivity index (χ3v) is 1.52. The minimum atomic E-state index is -3.89. The third-order valence-electron chi connectivity index (χ3n) is 1.52. The molecule has 0 aliphatic carbocycles. The lowest BCUT2D eigenvalue weighted by Crippen LogP contribution is -2.56. The van der Waals surface area contributed by atoms with Crippen molar-refractivity contribution in [1.82, 2.24) is 20.2 Å². The van der Waals surface area contributed by atoms with Crippen LogP contribution >= 0.6 is 0 Å². The zero-order valence-electron chi connectivity index (χ0n) is 7.58. The summed E-state index contributed by atoms with van der Waals surface area (Å²) >= 11 is 0. The first-order chi connectivity index (χ1) is 7.33. The van der Waals surface area contributed by atoms with E-state index in [0.29, 0.717) is 0 Å². The maximum Gasteiger partial charge on any atom is 0.837 e. The molecule has 0 aromatic carbocycles. The van der Waals surface area contributed by atoms with E-state index >= 15 is 0 Å². The molecule has 0 unspecified atom stereocenters. The highest BCUT2D eigenvalue weighted by molar-refractivity contribution is 4.67. The summed E-state index contributed by atoms with van der Waals surface area (Å²) in [7, 11) is 0. The second kappa shape index (κ2) is 3.44. The minimum absolute atomic E-state index is 0.171. The van der Waals surface area contributed by atoms with Crippen molar-refractivity contribution in [3.8, 4) is 0 Å². The molecule has 0 aliphatic heterocycles. The minimum Gasteiger partial charge on any atom is -0.251 e. The zero-order valence-corrected chi connectivity index (χ0v) is 7.58. The topological polar surface area (TPSA) is 173 Å². The standard InChI is InChI=1S/C3H3N7O6/c1-2-4-6-7(5-2)3(8(11)12,9(13)14)10(15)16/h1H3. The second-order valence-corrected chi connectivity index (χ2v) is 2.50. The molecule has 0 spiro atoms. The molecule has 0 radical (unpaired) electrons. The predicted molar refractivity (Wildman–Crippen MR) is 41.5 cm³/mol. The molecular formula is C3H3N7O6. The first-order valence-corrected chi connectivity index (χ1v) is 3.54. The van der Waals surface area contributed by atoms with Crippen LogP contribution in [0.15, 0.2) is 0 Å². The number of tetrazole rings is 1. The molecule has 13 heteroatoms. The third kappa shape index (κ3) is 1.30. The summed E-state index contributed by atoms with van der Waals surface area (Å²) in [6, 6.07) is 0. The van der Waals surface area contributed by atoms with E-state index in [-0.39, 0.29) is 10.6 Å². The molecule has 0 N–H and O–H groups in total. The van der Waals surface area contributed by atoms with Gasteiger partial charge in [0, 0.05) is 0 Å². The van der Waals surface area contributed by atoms with Crippen LogP contribution < -0.4 is 0 Å². The SMILES string of the molecule is Cc1nnn(C([N+](=O)[O-])([N+](=O)[O-])[N+](=O)[O-])n1. The van der Waals surface area contributed by atoms with Crippen molar-refractivity contribution < 1.29 is 14.8 Å². The van der Waals surface area contributed by atoms with Crippen molar-refractivity contribution in [2.45, 2.75) is 12.8 Å². The van der Waals surface area contributed by atoms with Gasteiger partial charge < -0.3 is 0 Å². The normalized spacial score (nSPS) is 11.1. The molecule has 0 bridgehead atoms. The highest BCUT2D eigenvalue weighted by atomic mass is 16.7. The van der Waals surface area contributed by atoms with Gasteiger partial charge in [-0.2, -0.15) is 0 Å². The smallest absolute Gasteiger partial charge is 0.251 e. The Morgan fingerprint density at radius 3 is 1.81 bits per heavy atom. The molecule has 1 rings (SSSR count). The van der Waals surface area contributed by atoms with Crippen molar-refractivity contribution >= 4 is 0 Å². The van der Waals surface area contributed by atoms with Crippen molar-refractivity contribution in [2.75, 3.05) is 0 Å². The summed E-state index contributed by atoms with van der Waals surface area (Å²) in [5.41, 5.74) is 0. The molecule has 86 valence electrons. The van der Waals surface area contributed by atoms with Crippen LogP contribution in [0, 0.1) is 37.3 Å². The van der Waals surface area contributed by atoms with E-state index in [1.807, 2.05) is 0 Å². The summed E-state index contributed by atoms with van der Waals surface area (Å²) in [5, 5.41) is 40.6. The Morgan fingerprint density at radius 2 is 1.56 bits per heavy atom. The summed E-state index contributed by atoms with van der Waals surface area (Å²) in [6.45, 7) is 1.22. The van der Waals surface area contributed by atoms with Gasteiger partial charge in [0.1, 0.15) is 0 Å². The monoisotopic (exact) mass is 233 g/mol. The van der Waals surface area contributed by atoms with Crippen LogP contribution in [-0.2, 0) is 5.91 Å². The Balaban J connectivity index is 3.51. The van der Waals surface area contributed by atoms with Crippen LogP contribution in [0.2, 0.25) is 0 Å². The predicted octanol–water partition coefficient (Wildman–Crippen LogP) is -1.62. The van der Waals surface area contributed by atoms with E-state index in [0.717, 1.165) is 0 Å². The van der Waals surface area contributed by atoms with Gasteiger partial charge in [-0.05, 0) is 12.1 Å². The number of aromatic nitrogens is 4. The maximum atomic E-state index is 10.5. The van der Waals surface area contributed by atoms with Gasteiger partial charge in [0.15, 0.2) is 5.82 Å². The van der Waals surface area contributed by atoms with Crippen LogP contribution in [0.25, 0.3) is 0 Å². The molecule has 0 atom stereocenters. The molecule has 1 aromatic rings. The van der Waals surface area contributed by atoms with Gasteiger partial charge >= 0.3 is 5.91 Å². The lowest BCUT2D eigenvalue weighted by atomic mass is 10.7. The van der Waals surface area contributed by atoms with E-state index in [9.17, 15) is 30.3 Å². The maximum absolute atomic E-state index is 10.5. The molecule has 0 fully saturated rings. The fraction of sp³-hybridized carbons (Fsp3) is 0.667. The van der Waals surface area contributed by atoms with Crippen LogP contribution in [-0.4, -0.2) is 35.0 Å². The number of aryl methyl sites for hydroxylation is 1. The molecule has 1 aromatic heterocycles. The van der Waals surface area contributed by atoms with Gasteiger partial charge in [0.05, 0.1) is 4.80 Å². The number of nitrogens with zero attached hydrogens (tertiary/aromatic N) is 7. The van der Waals surface area contributed by atoms with E-state index < -0.39 is 20.7 Å². The van der Waals surface area contributed by atoms with E-state index in [2.05, 4.69) is 15.4 Å². The second-order valence-electron chi connectivity index (χ2n) is 2.50. The number of nitro groups is 3. The van der Waals surface area contributed by atoms with Crippen molar-refractivity contribution in [3.05, 3.63) is 36.2 Å². The lowest BCUT2D eigenvalue weighted by molar-refractivity contribution is -1.01. The summed E-state index contributed by atoms with van der Waals surface area (Å²) < 4.78 is 0. The van der Waals surface area contributed by atoms with E-state index in [1.165, 1.54) is 6.92 Å². The lowest BCUT2D eigenvalue weighted by Gasteiger charge is -2.04. The highest BCUT2D eigenvalue weighted by Crippen LogP contribution is 2.16. The Morgan fingerprint density at radius 1 is 1.12 bits per heavy atom. The van der Waals surface area contributed by atoms with Gasteiger partial charge in [0.25, 0.3) is 0 Å². The number of hydrogen-bond acceptors (Lipinski definition) is 9. The van der Waals surface area contributed by atoms with E-state index in [4.69, 9.17) is 0 Å². The number of rotatable bonds is 4. The molecule has 0 saturated heterocycles. The molecule has 13 nitrogen and oxygen atoms in total. The Hall–Kier alpha value is -2.73. The molecule has 0 amide bonds. The molecular weight excluding hydrogens is 230 g/mol. The summed E-state index contributed by atoms with van der Waals surface area (Å²) in [5.74, 6) is -4.06. The number of hydrogen-bond donors (Lipinski definition) is 0. The summed E-state index contributed by atoms with van der Waals surface area (Å²) in [6.07, 6.45) is 0. The van der Waals surface area contributed by atoms with Crippen molar-refractivity contribution in [2.24, 2.45) is 0 Å². The molecule has 0 aliphatic rings. The molecule has 1 heterocycles. The van der Waals surface area contributed by atoms with Crippen LogP contribution in [0.5, 0.6) is 0 Å². The van der Waals surface area contributed by atoms with E-state index in [1.54, 1.807) is 0 Å². The fourth-order valence-electron chi connectivity index (χ4n) is 0.830.